The highest BCUT2D eigenvalue weighted by Crippen LogP contribution is 2.34. The standard InChI is InChI=1S/C12H11N3O3S/c16-11(8-5-13-6-14-8)15-3-1-9-7(2-4-19-9)10(15)12(17)18/h2,4-6,10H,1,3H2,(H,13,14)(H,17,18). The smallest absolute Gasteiger partial charge is 0.331 e. The number of amides is 1. The van der Waals surface area contributed by atoms with Crippen LogP contribution in [0.2, 0.25) is 0 Å². The Morgan fingerprint density at radius 2 is 2.37 bits per heavy atom. The van der Waals surface area contributed by atoms with E-state index in [9.17, 15) is 14.7 Å². The summed E-state index contributed by atoms with van der Waals surface area (Å²) in [6.45, 7) is 0.405. The normalized spacial score (nSPS) is 18.1. The lowest BCUT2D eigenvalue weighted by Crippen LogP contribution is -2.43. The lowest BCUT2D eigenvalue weighted by atomic mass is 9.99. The van der Waals surface area contributed by atoms with Crippen molar-refractivity contribution in [2.75, 3.05) is 6.54 Å². The number of carbonyl (C=O) groups excluding carboxylic acids is 1. The molecule has 0 saturated carbocycles. The first kappa shape index (κ1) is 11.9. The molecule has 19 heavy (non-hydrogen) atoms. The molecule has 2 aromatic rings. The lowest BCUT2D eigenvalue weighted by Gasteiger charge is -2.32. The number of aromatic nitrogens is 2. The SMILES string of the molecule is O=C(O)C1c2ccsc2CCN1C(=O)c1cnc[nH]1. The highest BCUT2D eigenvalue weighted by Gasteiger charge is 2.37. The number of nitrogens with one attached hydrogen (secondary N) is 1. The summed E-state index contributed by atoms with van der Waals surface area (Å²) in [5, 5.41) is 11.3. The van der Waals surface area contributed by atoms with Gasteiger partial charge in [-0.3, -0.25) is 4.79 Å². The zero-order chi connectivity index (χ0) is 13.4. The number of rotatable bonds is 2. The molecule has 0 aromatic carbocycles. The predicted molar refractivity (Wildman–Crippen MR) is 68.0 cm³/mol. The maximum Gasteiger partial charge on any atom is 0.331 e. The molecule has 98 valence electrons. The number of hydrogen-bond acceptors (Lipinski definition) is 4. The van der Waals surface area contributed by atoms with Crippen molar-refractivity contribution in [3.05, 3.63) is 40.1 Å². The average molecular weight is 277 g/mol. The van der Waals surface area contributed by atoms with E-state index in [1.807, 2.05) is 5.38 Å². The number of nitrogens with zero attached hydrogens (tertiary/aromatic N) is 2. The monoisotopic (exact) mass is 277 g/mol. The maximum atomic E-state index is 12.3. The predicted octanol–water partition coefficient (Wildman–Crippen LogP) is 1.30. The first-order valence-electron chi connectivity index (χ1n) is 5.77. The van der Waals surface area contributed by atoms with Crippen LogP contribution in [0.4, 0.5) is 0 Å². The molecule has 6 nitrogen and oxygen atoms in total. The van der Waals surface area contributed by atoms with Crippen molar-refractivity contribution in [1.29, 1.82) is 0 Å². The molecule has 1 aliphatic heterocycles. The summed E-state index contributed by atoms with van der Waals surface area (Å²) in [7, 11) is 0. The second-order valence-corrected chi connectivity index (χ2v) is 5.25. The Morgan fingerprint density at radius 3 is 3.05 bits per heavy atom. The second kappa shape index (κ2) is 4.51. The number of thiophene rings is 1. The van der Waals surface area contributed by atoms with Crippen LogP contribution in [0.3, 0.4) is 0 Å². The molecule has 2 N–H and O–H groups in total. The molecule has 3 heterocycles. The molecule has 0 saturated heterocycles. The molecule has 1 amide bonds. The third-order valence-electron chi connectivity index (χ3n) is 3.19. The number of carboxylic acid groups (broad SMARTS) is 1. The van der Waals surface area contributed by atoms with Crippen LogP contribution in [-0.2, 0) is 11.2 Å². The number of H-pyrrole nitrogens is 1. The van der Waals surface area contributed by atoms with Gasteiger partial charge in [-0.25, -0.2) is 9.78 Å². The highest BCUT2D eigenvalue weighted by molar-refractivity contribution is 7.10. The number of imidazole rings is 1. The zero-order valence-corrected chi connectivity index (χ0v) is 10.7. The van der Waals surface area contributed by atoms with E-state index in [0.29, 0.717) is 18.7 Å². The van der Waals surface area contributed by atoms with Crippen LogP contribution < -0.4 is 0 Å². The van der Waals surface area contributed by atoms with E-state index in [2.05, 4.69) is 9.97 Å². The minimum absolute atomic E-state index is 0.310. The van der Waals surface area contributed by atoms with Gasteiger partial charge < -0.3 is 15.0 Å². The van der Waals surface area contributed by atoms with E-state index in [1.54, 1.807) is 6.07 Å². The van der Waals surface area contributed by atoms with Gasteiger partial charge >= 0.3 is 5.97 Å². The summed E-state index contributed by atoms with van der Waals surface area (Å²) < 4.78 is 0. The molecule has 0 radical (unpaired) electrons. The van der Waals surface area contributed by atoms with Gasteiger partial charge in [-0.05, 0) is 23.4 Å². The van der Waals surface area contributed by atoms with E-state index < -0.39 is 12.0 Å². The van der Waals surface area contributed by atoms with E-state index in [1.165, 1.54) is 28.8 Å². The van der Waals surface area contributed by atoms with Crippen molar-refractivity contribution in [3.63, 3.8) is 0 Å². The minimum atomic E-state index is -1.01. The topological polar surface area (TPSA) is 86.3 Å². The van der Waals surface area contributed by atoms with Crippen LogP contribution in [0.1, 0.15) is 27.0 Å². The van der Waals surface area contributed by atoms with Gasteiger partial charge in [0.15, 0.2) is 6.04 Å². The van der Waals surface area contributed by atoms with Crippen molar-refractivity contribution in [2.24, 2.45) is 0 Å². The zero-order valence-electron chi connectivity index (χ0n) is 9.87. The van der Waals surface area contributed by atoms with Gasteiger partial charge in [-0.2, -0.15) is 0 Å². The fourth-order valence-corrected chi connectivity index (χ4v) is 3.23. The second-order valence-electron chi connectivity index (χ2n) is 4.25. The number of fused-ring (bicyclic) bond motifs is 1. The summed E-state index contributed by atoms with van der Waals surface area (Å²) in [5.74, 6) is -1.34. The van der Waals surface area contributed by atoms with Crippen molar-refractivity contribution in [3.8, 4) is 0 Å². The Bertz CT molecular complexity index is 620. The van der Waals surface area contributed by atoms with E-state index in [0.717, 1.165) is 10.4 Å². The largest absolute Gasteiger partial charge is 0.479 e. The average Bonchev–Trinajstić information content (AvgIpc) is 3.06. The molecular formula is C12H11N3O3S. The number of carboxylic acids is 1. The maximum absolute atomic E-state index is 12.3. The fraction of sp³-hybridized carbons (Fsp3) is 0.250. The number of aliphatic carboxylic acids is 1. The van der Waals surface area contributed by atoms with Gasteiger partial charge in [0.05, 0.1) is 12.5 Å². The molecule has 2 aromatic heterocycles. The van der Waals surface area contributed by atoms with Gasteiger partial charge in [0.1, 0.15) is 5.69 Å². The van der Waals surface area contributed by atoms with Crippen LogP contribution in [-0.4, -0.2) is 38.4 Å². The Labute approximate surface area is 112 Å². The number of aromatic amines is 1. The molecule has 0 bridgehead atoms. The summed E-state index contributed by atoms with van der Waals surface area (Å²) in [5.41, 5.74) is 1.03. The molecule has 0 spiro atoms. The van der Waals surface area contributed by atoms with Crippen molar-refractivity contribution >= 4 is 23.2 Å². The molecular weight excluding hydrogens is 266 g/mol. The molecule has 3 rings (SSSR count). The van der Waals surface area contributed by atoms with E-state index in [4.69, 9.17) is 0 Å². The molecule has 0 aliphatic carbocycles. The van der Waals surface area contributed by atoms with Gasteiger partial charge in [0.2, 0.25) is 0 Å². The van der Waals surface area contributed by atoms with Crippen LogP contribution >= 0.6 is 11.3 Å². The fourth-order valence-electron chi connectivity index (χ4n) is 2.33. The highest BCUT2D eigenvalue weighted by atomic mass is 32.1. The summed E-state index contributed by atoms with van der Waals surface area (Å²) >= 11 is 1.54. The van der Waals surface area contributed by atoms with Gasteiger partial charge in [0.25, 0.3) is 5.91 Å². The van der Waals surface area contributed by atoms with Gasteiger partial charge in [0, 0.05) is 11.4 Å². The Balaban J connectivity index is 1.98. The third kappa shape index (κ3) is 1.91. The summed E-state index contributed by atoms with van der Waals surface area (Å²) in [4.78, 5) is 32.7. The van der Waals surface area contributed by atoms with E-state index >= 15 is 0 Å². The first-order chi connectivity index (χ1) is 9.18. The molecule has 1 atom stereocenters. The molecule has 7 heteroatoms. The Hall–Kier alpha value is -2.15. The Kier molecular flexibility index (Phi) is 2.83. The van der Waals surface area contributed by atoms with Gasteiger partial charge in [-0.1, -0.05) is 0 Å². The van der Waals surface area contributed by atoms with Crippen LogP contribution in [0.15, 0.2) is 24.0 Å². The number of carbonyl (C=O) groups is 2. The van der Waals surface area contributed by atoms with Crippen molar-refractivity contribution in [1.82, 2.24) is 14.9 Å². The van der Waals surface area contributed by atoms with Crippen molar-refractivity contribution < 1.29 is 14.7 Å². The summed E-state index contributed by atoms with van der Waals surface area (Å²) in [6.07, 6.45) is 3.50. The summed E-state index contributed by atoms with van der Waals surface area (Å²) in [6, 6.07) is 0.872. The Morgan fingerprint density at radius 1 is 1.53 bits per heavy atom. The number of hydrogen-bond donors (Lipinski definition) is 2. The van der Waals surface area contributed by atoms with Crippen LogP contribution in [0.25, 0.3) is 0 Å². The minimum Gasteiger partial charge on any atom is -0.479 e. The van der Waals surface area contributed by atoms with E-state index in [-0.39, 0.29) is 5.91 Å². The van der Waals surface area contributed by atoms with Crippen LogP contribution in [0, 0.1) is 0 Å². The molecule has 1 aliphatic rings. The first-order valence-corrected chi connectivity index (χ1v) is 6.65. The quantitative estimate of drug-likeness (QED) is 0.866. The van der Waals surface area contributed by atoms with Gasteiger partial charge in [-0.15, -0.1) is 11.3 Å². The van der Waals surface area contributed by atoms with Crippen molar-refractivity contribution in [2.45, 2.75) is 12.5 Å². The van der Waals surface area contributed by atoms with Crippen LogP contribution in [0.5, 0.6) is 0 Å². The molecule has 1 unspecified atom stereocenters. The third-order valence-corrected chi connectivity index (χ3v) is 4.19. The lowest BCUT2D eigenvalue weighted by molar-refractivity contribution is -0.142. The molecule has 0 fully saturated rings.